The fourth-order valence-electron chi connectivity index (χ4n) is 1.84. The topological polar surface area (TPSA) is 66.0 Å². The van der Waals surface area contributed by atoms with Crippen LogP contribution in [0.1, 0.15) is 37.0 Å². The Labute approximate surface area is 116 Å². The molecule has 0 spiro atoms. The summed E-state index contributed by atoms with van der Waals surface area (Å²) in [7, 11) is 0. The van der Waals surface area contributed by atoms with E-state index < -0.39 is 5.97 Å². The average Bonchev–Trinajstić information content (AvgIpc) is 2.73. The molecule has 0 saturated carbocycles. The molecule has 0 bridgehead atoms. The monoisotopic (exact) mass is 278 g/mol. The highest BCUT2D eigenvalue weighted by molar-refractivity contribution is 6.30. The summed E-state index contributed by atoms with van der Waals surface area (Å²) in [4.78, 5) is 18.5. The van der Waals surface area contributed by atoms with E-state index in [1.807, 2.05) is 26.8 Å². The number of benzene rings is 1. The van der Waals surface area contributed by atoms with Crippen molar-refractivity contribution in [3.8, 4) is 11.4 Å². The van der Waals surface area contributed by atoms with Gasteiger partial charge in [-0.3, -0.25) is 0 Å². The number of H-pyrrole nitrogens is 1. The van der Waals surface area contributed by atoms with E-state index in [2.05, 4.69) is 9.97 Å². The second-order valence-electron chi connectivity index (χ2n) is 5.37. The average molecular weight is 279 g/mol. The van der Waals surface area contributed by atoms with Crippen molar-refractivity contribution in [2.75, 3.05) is 0 Å². The first-order chi connectivity index (χ1) is 8.79. The van der Waals surface area contributed by atoms with Gasteiger partial charge in [0.05, 0.1) is 5.69 Å². The third-order valence-corrected chi connectivity index (χ3v) is 2.99. The van der Waals surface area contributed by atoms with Crippen molar-refractivity contribution in [3.05, 3.63) is 40.7 Å². The van der Waals surface area contributed by atoms with Gasteiger partial charge in [0.25, 0.3) is 0 Å². The standard InChI is InChI=1S/C14H15ClN2O2/c1-14(2,3)11-10(13(18)19)16-12(17-11)8-5-4-6-9(15)7-8/h4-7H,1-3H3,(H,16,17)(H,18,19). The summed E-state index contributed by atoms with van der Waals surface area (Å²) >= 11 is 5.94. The molecule has 100 valence electrons. The Morgan fingerprint density at radius 1 is 1.37 bits per heavy atom. The van der Waals surface area contributed by atoms with Crippen LogP contribution in [0.3, 0.4) is 0 Å². The van der Waals surface area contributed by atoms with E-state index >= 15 is 0 Å². The fraction of sp³-hybridized carbons (Fsp3) is 0.286. The molecule has 0 unspecified atom stereocenters. The lowest BCUT2D eigenvalue weighted by molar-refractivity contribution is 0.0688. The molecule has 5 heteroatoms. The van der Waals surface area contributed by atoms with Crippen LogP contribution in [0.2, 0.25) is 5.02 Å². The molecule has 0 aliphatic carbocycles. The van der Waals surface area contributed by atoms with E-state index in [4.69, 9.17) is 11.6 Å². The normalized spacial score (nSPS) is 11.6. The third-order valence-electron chi connectivity index (χ3n) is 2.75. The number of hydrogen-bond donors (Lipinski definition) is 2. The predicted molar refractivity (Wildman–Crippen MR) is 74.7 cm³/mol. The van der Waals surface area contributed by atoms with Gasteiger partial charge in [-0.1, -0.05) is 44.5 Å². The first kappa shape index (κ1) is 13.6. The first-order valence-corrected chi connectivity index (χ1v) is 6.26. The zero-order valence-electron chi connectivity index (χ0n) is 11.0. The Morgan fingerprint density at radius 2 is 2.05 bits per heavy atom. The van der Waals surface area contributed by atoms with E-state index in [0.29, 0.717) is 16.5 Å². The molecular formula is C14H15ClN2O2. The zero-order valence-corrected chi connectivity index (χ0v) is 11.7. The maximum atomic E-state index is 11.3. The van der Waals surface area contributed by atoms with Gasteiger partial charge in [0.1, 0.15) is 5.82 Å². The fourth-order valence-corrected chi connectivity index (χ4v) is 2.03. The second-order valence-corrected chi connectivity index (χ2v) is 5.81. The predicted octanol–water partition coefficient (Wildman–Crippen LogP) is 3.73. The number of carbonyl (C=O) groups is 1. The van der Waals surface area contributed by atoms with Crippen molar-refractivity contribution in [2.45, 2.75) is 26.2 Å². The molecule has 0 atom stereocenters. The molecule has 4 nitrogen and oxygen atoms in total. The lowest BCUT2D eigenvalue weighted by Gasteiger charge is -2.16. The quantitative estimate of drug-likeness (QED) is 0.880. The van der Waals surface area contributed by atoms with Gasteiger partial charge in [0, 0.05) is 16.0 Å². The van der Waals surface area contributed by atoms with Crippen molar-refractivity contribution in [2.24, 2.45) is 0 Å². The van der Waals surface area contributed by atoms with Crippen molar-refractivity contribution in [1.29, 1.82) is 0 Å². The Hall–Kier alpha value is -1.81. The maximum Gasteiger partial charge on any atom is 0.356 e. The number of aromatic amines is 1. The smallest absolute Gasteiger partial charge is 0.356 e. The van der Waals surface area contributed by atoms with Gasteiger partial charge in [0.2, 0.25) is 0 Å². The Kier molecular flexibility index (Phi) is 3.37. The van der Waals surface area contributed by atoms with Crippen LogP contribution < -0.4 is 0 Å². The number of aromatic carboxylic acids is 1. The number of nitrogens with one attached hydrogen (secondary N) is 1. The number of carboxylic acids is 1. The van der Waals surface area contributed by atoms with Gasteiger partial charge >= 0.3 is 5.97 Å². The number of rotatable bonds is 2. The molecule has 1 aromatic carbocycles. The molecule has 0 aliphatic rings. The van der Waals surface area contributed by atoms with Crippen molar-refractivity contribution in [3.63, 3.8) is 0 Å². The third kappa shape index (κ3) is 2.79. The van der Waals surface area contributed by atoms with E-state index in [1.165, 1.54) is 0 Å². The van der Waals surface area contributed by atoms with Crippen molar-refractivity contribution >= 4 is 17.6 Å². The Balaban J connectivity index is 2.58. The van der Waals surface area contributed by atoms with Crippen molar-refractivity contribution < 1.29 is 9.90 Å². The number of halogens is 1. The summed E-state index contributed by atoms with van der Waals surface area (Å²) in [5, 5.41) is 9.82. The molecule has 0 amide bonds. The molecule has 0 radical (unpaired) electrons. The highest BCUT2D eigenvalue weighted by atomic mass is 35.5. The van der Waals surface area contributed by atoms with Gasteiger partial charge in [0.15, 0.2) is 5.69 Å². The lowest BCUT2D eigenvalue weighted by Crippen LogP contribution is -2.16. The van der Waals surface area contributed by atoms with Crippen LogP contribution in [0.5, 0.6) is 0 Å². The largest absolute Gasteiger partial charge is 0.476 e. The number of hydrogen-bond acceptors (Lipinski definition) is 2. The van der Waals surface area contributed by atoms with E-state index in [1.54, 1.807) is 18.2 Å². The number of imidazole rings is 1. The molecule has 0 saturated heterocycles. The molecule has 0 fully saturated rings. The van der Waals surface area contributed by atoms with E-state index in [-0.39, 0.29) is 11.1 Å². The molecule has 1 heterocycles. The SMILES string of the molecule is CC(C)(C)c1[nH]c(-c2cccc(Cl)c2)nc1C(=O)O. The minimum atomic E-state index is -1.03. The van der Waals surface area contributed by atoms with Crippen LogP contribution in [0.15, 0.2) is 24.3 Å². The van der Waals surface area contributed by atoms with Gasteiger partial charge in [-0.15, -0.1) is 0 Å². The summed E-state index contributed by atoms with van der Waals surface area (Å²) in [5.74, 6) is -0.515. The summed E-state index contributed by atoms with van der Waals surface area (Å²) in [6, 6.07) is 7.15. The Bertz CT molecular complexity index is 627. The number of aromatic nitrogens is 2. The Morgan fingerprint density at radius 3 is 2.53 bits per heavy atom. The highest BCUT2D eigenvalue weighted by Gasteiger charge is 2.26. The van der Waals surface area contributed by atoms with Crippen LogP contribution in [-0.2, 0) is 5.41 Å². The summed E-state index contributed by atoms with van der Waals surface area (Å²) < 4.78 is 0. The summed E-state index contributed by atoms with van der Waals surface area (Å²) in [6.45, 7) is 5.82. The van der Waals surface area contributed by atoms with E-state index in [0.717, 1.165) is 5.56 Å². The molecule has 2 rings (SSSR count). The number of nitrogens with zero attached hydrogens (tertiary/aromatic N) is 1. The van der Waals surface area contributed by atoms with Crippen LogP contribution in [0.25, 0.3) is 11.4 Å². The minimum absolute atomic E-state index is 0.0578. The lowest BCUT2D eigenvalue weighted by atomic mass is 9.91. The molecule has 0 aliphatic heterocycles. The molecular weight excluding hydrogens is 264 g/mol. The van der Waals surface area contributed by atoms with Crippen LogP contribution in [0, 0.1) is 0 Å². The zero-order chi connectivity index (χ0) is 14.2. The second kappa shape index (κ2) is 4.70. The van der Waals surface area contributed by atoms with Gasteiger partial charge in [-0.2, -0.15) is 0 Å². The molecule has 19 heavy (non-hydrogen) atoms. The maximum absolute atomic E-state index is 11.3. The molecule has 2 aromatic rings. The van der Waals surface area contributed by atoms with Crippen molar-refractivity contribution in [1.82, 2.24) is 9.97 Å². The molecule has 1 aromatic heterocycles. The van der Waals surface area contributed by atoms with Crippen LogP contribution in [0.4, 0.5) is 0 Å². The van der Waals surface area contributed by atoms with Crippen LogP contribution >= 0.6 is 11.6 Å². The van der Waals surface area contributed by atoms with E-state index in [9.17, 15) is 9.90 Å². The minimum Gasteiger partial charge on any atom is -0.476 e. The summed E-state index contributed by atoms with van der Waals surface area (Å²) in [6.07, 6.45) is 0. The first-order valence-electron chi connectivity index (χ1n) is 5.89. The van der Waals surface area contributed by atoms with Crippen LogP contribution in [-0.4, -0.2) is 21.0 Å². The highest BCUT2D eigenvalue weighted by Crippen LogP contribution is 2.28. The van der Waals surface area contributed by atoms with Gasteiger partial charge < -0.3 is 10.1 Å². The van der Waals surface area contributed by atoms with Gasteiger partial charge in [-0.25, -0.2) is 9.78 Å². The molecule has 2 N–H and O–H groups in total. The summed E-state index contributed by atoms with van der Waals surface area (Å²) in [5.41, 5.74) is 1.11. The number of carboxylic acid groups (broad SMARTS) is 1. The van der Waals surface area contributed by atoms with Gasteiger partial charge in [-0.05, 0) is 12.1 Å².